The zero-order valence-corrected chi connectivity index (χ0v) is 13.9. The van der Waals surface area contributed by atoms with Crippen molar-refractivity contribution in [2.24, 2.45) is 0 Å². The van der Waals surface area contributed by atoms with Gasteiger partial charge in [-0.1, -0.05) is 36.0 Å². The van der Waals surface area contributed by atoms with Crippen LogP contribution in [0.5, 0.6) is 0 Å². The fourth-order valence-electron chi connectivity index (χ4n) is 2.43. The molecule has 3 rings (SSSR count). The Balaban J connectivity index is 2.01. The van der Waals surface area contributed by atoms with Gasteiger partial charge < -0.3 is 0 Å². The highest BCUT2D eigenvalue weighted by Crippen LogP contribution is 2.39. The van der Waals surface area contributed by atoms with Crippen molar-refractivity contribution < 1.29 is 0 Å². The van der Waals surface area contributed by atoms with Crippen LogP contribution >= 0.6 is 50.5 Å². The van der Waals surface area contributed by atoms with E-state index in [-0.39, 0.29) is 0 Å². The first-order valence-electron chi connectivity index (χ1n) is 6.13. The van der Waals surface area contributed by atoms with Gasteiger partial charge in [0.15, 0.2) is 5.82 Å². The maximum absolute atomic E-state index is 6.13. The van der Waals surface area contributed by atoms with Gasteiger partial charge in [0.2, 0.25) is 0 Å². The summed E-state index contributed by atoms with van der Waals surface area (Å²) < 4.78 is 1.58. The minimum Gasteiger partial charge on any atom is -0.232 e. The second-order valence-corrected chi connectivity index (χ2v) is 7.55. The topological polar surface area (TPSA) is 25.8 Å². The van der Waals surface area contributed by atoms with Crippen molar-refractivity contribution in [2.75, 3.05) is 0 Å². The Morgan fingerprint density at radius 2 is 1.89 bits per heavy atom. The van der Waals surface area contributed by atoms with E-state index in [1.807, 2.05) is 12.1 Å². The molecule has 1 saturated carbocycles. The van der Waals surface area contributed by atoms with Gasteiger partial charge >= 0.3 is 0 Å². The minimum absolute atomic E-state index is 0.507. The lowest BCUT2D eigenvalue weighted by molar-refractivity contribution is 0.695. The smallest absolute Gasteiger partial charge is 0.171 e. The number of halogens is 3. The fraction of sp³-hybridized carbons (Fsp3) is 0.385. The van der Waals surface area contributed by atoms with Gasteiger partial charge in [0.25, 0.3) is 0 Å². The van der Waals surface area contributed by atoms with Gasteiger partial charge in [-0.25, -0.2) is 9.97 Å². The summed E-state index contributed by atoms with van der Waals surface area (Å²) in [4.78, 5) is 9.93. The summed E-state index contributed by atoms with van der Waals surface area (Å²) in [5.41, 5.74) is 1.06. The molecule has 0 amide bonds. The average Bonchev–Trinajstić information content (AvgIpc) is 3.00. The first-order valence-corrected chi connectivity index (χ1v) is 8.49. The van der Waals surface area contributed by atoms with Crippen molar-refractivity contribution in [2.45, 2.75) is 31.6 Å². The van der Waals surface area contributed by atoms with E-state index in [0.717, 1.165) is 15.0 Å². The molecule has 0 atom stereocenters. The molecule has 0 radical (unpaired) electrons. The standard InChI is InChI=1S/C13H11BrCl2N2S/c14-8-5-10(19-12(8)16)13-17-9(6-11(15)18-13)7-3-1-2-4-7/h5-7H,1-4H2. The number of hydrogen-bond acceptors (Lipinski definition) is 3. The van der Waals surface area contributed by atoms with Gasteiger partial charge in [0.1, 0.15) is 9.49 Å². The number of thiophene rings is 1. The van der Waals surface area contributed by atoms with Crippen LogP contribution in [0.3, 0.4) is 0 Å². The minimum atomic E-state index is 0.507. The first-order chi connectivity index (χ1) is 9.13. The predicted octanol–water partition coefficient (Wildman–Crippen LogP) is 5.93. The third-order valence-corrected chi connectivity index (χ3v) is 6.02. The molecule has 100 valence electrons. The van der Waals surface area contributed by atoms with Gasteiger partial charge in [-0.05, 0) is 40.9 Å². The summed E-state index contributed by atoms with van der Waals surface area (Å²) in [6.45, 7) is 0. The predicted molar refractivity (Wildman–Crippen MR) is 84.3 cm³/mol. The molecule has 1 fully saturated rings. The van der Waals surface area contributed by atoms with Gasteiger partial charge in [-0.3, -0.25) is 0 Å². The van der Waals surface area contributed by atoms with Crippen LogP contribution in [0, 0.1) is 0 Å². The van der Waals surface area contributed by atoms with Crippen molar-refractivity contribution in [3.8, 4) is 10.7 Å². The van der Waals surface area contributed by atoms with Crippen molar-refractivity contribution in [1.82, 2.24) is 9.97 Å². The molecule has 2 nitrogen and oxygen atoms in total. The lowest BCUT2D eigenvalue weighted by Crippen LogP contribution is -1.99. The molecule has 0 spiro atoms. The Morgan fingerprint density at radius 3 is 2.53 bits per heavy atom. The molecule has 2 aromatic rings. The van der Waals surface area contributed by atoms with E-state index in [4.69, 9.17) is 23.2 Å². The highest BCUT2D eigenvalue weighted by molar-refractivity contribution is 9.10. The Hall–Kier alpha value is -0.160. The van der Waals surface area contributed by atoms with Gasteiger partial charge in [0, 0.05) is 16.1 Å². The maximum Gasteiger partial charge on any atom is 0.171 e. The van der Waals surface area contributed by atoms with Crippen LogP contribution in [0.1, 0.15) is 37.3 Å². The number of aromatic nitrogens is 2. The van der Waals surface area contributed by atoms with Crippen LogP contribution in [0.4, 0.5) is 0 Å². The molecule has 19 heavy (non-hydrogen) atoms. The zero-order chi connectivity index (χ0) is 13.4. The summed E-state index contributed by atoms with van der Waals surface area (Å²) in [7, 11) is 0. The first kappa shape index (κ1) is 13.8. The molecule has 2 heterocycles. The molecule has 0 unspecified atom stereocenters. The molecule has 0 aliphatic heterocycles. The highest BCUT2D eigenvalue weighted by Gasteiger charge is 2.20. The molecule has 0 bridgehead atoms. The summed E-state index contributed by atoms with van der Waals surface area (Å²) in [6.07, 6.45) is 4.94. The SMILES string of the molecule is Clc1cc(C2CCCC2)nc(-c2cc(Br)c(Cl)s2)n1. The van der Waals surface area contributed by atoms with Crippen LogP contribution < -0.4 is 0 Å². The van der Waals surface area contributed by atoms with Crippen LogP contribution in [0.2, 0.25) is 9.49 Å². The van der Waals surface area contributed by atoms with Gasteiger partial charge in [-0.2, -0.15) is 0 Å². The number of hydrogen-bond donors (Lipinski definition) is 0. The summed E-state index contributed by atoms with van der Waals surface area (Å²) in [6, 6.07) is 3.84. The average molecular weight is 378 g/mol. The van der Waals surface area contributed by atoms with E-state index >= 15 is 0 Å². The van der Waals surface area contributed by atoms with Crippen LogP contribution in [0.25, 0.3) is 10.7 Å². The molecule has 0 aromatic carbocycles. The van der Waals surface area contributed by atoms with Crippen molar-refractivity contribution in [3.63, 3.8) is 0 Å². The Kier molecular flexibility index (Phi) is 4.13. The molecule has 0 N–H and O–H groups in total. The van der Waals surface area contributed by atoms with Crippen molar-refractivity contribution >= 4 is 50.5 Å². The van der Waals surface area contributed by atoms with E-state index in [1.165, 1.54) is 37.0 Å². The molecule has 1 aliphatic carbocycles. The van der Waals surface area contributed by atoms with Gasteiger partial charge in [0.05, 0.1) is 4.88 Å². The third kappa shape index (κ3) is 2.97. The fourth-order valence-corrected chi connectivity index (χ4v) is 4.26. The zero-order valence-electron chi connectivity index (χ0n) is 10.00. The normalized spacial score (nSPS) is 16.2. The summed E-state index contributed by atoms with van der Waals surface area (Å²) >= 11 is 17.1. The van der Waals surface area contributed by atoms with E-state index in [2.05, 4.69) is 25.9 Å². The summed E-state index contributed by atoms with van der Waals surface area (Å²) in [5, 5.41) is 0.507. The lowest BCUT2D eigenvalue weighted by atomic mass is 10.0. The number of rotatable bonds is 2. The Bertz CT molecular complexity index is 589. The van der Waals surface area contributed by atoms with Crippen molar-refractivity contribution in [3.05, 3.63) is 31.8 Å². The van der Waals surface area contributed by atoms with Crippen LogP contribution in [-0.4, -0.2) is 9.97 Å². The molecule has 2 aromatic heterocycles. The Labute approximate surface area is 134 Å². The molecular weight excluding hydrogens is 367 g/mol. The largest absolute Gasteiger partial charge is 0.232 e. The van der Waals surface area contributed by atoms with Crippen LogP contribution in [-0.2, 0) is 0 Å². The molecule has 6 heteroatoms. The van der Waals surface area contributed by atoms with Gasteiger partial charge in [-0.15, -0.1) is 11.3 Å². The van der Waals surface area contributed by atoms with E-state index in [9.17, 15) is 0 Å². The lowest BCUT2D eigenvalue weighted by Gasteiger charge is -2.09. The molecule has 0 saturated heterocycles. The second kappa shape index (κ2) is 5.68. The number of nitrogens with zero attached hydrogens (tertiary/aromatic N) is 2. The van der Waals surface area contributed by atoms with E-state index in [0.29, 0.717) is 21.2 Å². The van der Waals surface area contributed by atoms with E-state index in [1.54, 1.807) is 0 Å². The monoisotopic (exact) mass is 376 g/mol. The quantitative estimate of drug-likeness (QED) is 0.606. The molecular formula is C13H11BrCl2N2S. The van der Waals surface area contributed by atoms with E-state index < -0.39 is 0 Å². The maximum atomic E-state index is 6.13. The molecule has 1 aliphatic rings. The van der Waals surface area contributed by atoms with Crippen molar-refractivity contribution in [1.29, 1.82) is 0 Å². The highest BCUT2D eigenvalue weighted by atomic mass is 79.9. The second-order valence-electron chi connectivity index (χ2n) is 4.65. The van der Waals surface area contributed by atoms with Crippen LogP contribution in [0.15, 0.2) is 16.6 Å². The Morgan fingerprint density at radius 1 is 1.16 bits per heavy atom. The third-order valence-electron chi connectivity index (χ3n) is 3.35. The summed E-state index contributed by atoms with van der Waals surface area (Å²) in [5.74, 6) is 1.20.